The van der Waals surface area contributed by atoms with Gasteiger partial charge in [0.2, 0.25) is 0 Å². The molecule has 3 aliphatic heterocycles. The largest absolute Gasteiger partial charge is 0.381 e. The predicted octanol–water partition coefficient (Wildman–Crippen LogP) is 0.939. The van der Waals surface area contributed by atoms with Gasteiger partial charge < -0.3 is 15.0 Å². The Morgan fingerprint density at radius 2 is 2.04 bits per heavy atom. The molecule has 1 spiro atoms. The molecule has 1 unspecified atom stereocenters. The standard InChI is InChI=1S/C16H28F2N4O3S/c1-19-15(21-8-4-16(11-21)5-9-25-12-16)20-10-13-2-6-22(7-3-13)26(23,24)14(17)18/h13-14H,2-12H2,1H3,(H,19,20). The van der Waals surface area contributed by atoms with Gasteiger partial charge in [-0.05, 0) is 31.6 Å². The molecule has 150 valence electrons. The molecule has 3 heterocycles. The number of piperidine rings is 1. The van der Waals surface area contributed by atoms with Crippen LogP contribution in [0, 0.1) is 11.3 Å². The molecular formula is C16H28F2N4O3S. The Morgan fingerprint density at radius 1 is 1.31 bits per heavy atom. The monoisotopic (exact) mass is 394 g/mol. The maximum Gasteiger partial charge on any atom is 0.350 e. The maximum atomic E-state index is 12.6. The van der Waals surface area contributed by atoms with Crippen LogP contribution in [0.4, 0.5) is 8.78 Å². The third kappa shape index (κ3) is 4.12. The van der Waals surface area contributed by atoms with E-state index in [2.05, 4.69) is 15.2 Å². The number of halogens is 2. The number of rotatable bonds is 4. The van der Waals surface area contributed by atoms with Crippen LogP contribution in [0.5, 0.6) is 0 Å². The van der Waals surface area contributed by atoms with Gasteiger partial charge in [-0.15, -0.1) is 0 Å². The lowest BCUT2D eigenvalue weighted by molar-refractivity contribution is 0.156. The summed E-state index contributed by atoms with van der Waals surface area (Å²) in [5.74, 6) is -2.23. The Hall–Kier alpha value is -1.00. The number of alkyl halides is 2. The number of sulfonamides is 1. The summed E-state index contributed by atoms with van der Waals surface area (Å²) in [7, 11) is -2.69. The van der Waals surface area contributed by atoms with Crippen molar-refractivity contribution in [3.8, 4) is 0 Å². The van der Waals surface area contributed by atoms with Crippen molar-refractivity contribution in [2.24, 2.45) is 16.3 Å². The summed E-state index contributed by atoms with van der Waals surface area (Å²) in [5.41, 5.74) is 0.257. The fraction of sp³-hybridized carbons (Fsp3) is 0.938. The Bertz CT molecular complexity index is 615. The zero-order valence-corrected chi connectivity index (χ0v) is 16.0. The second kappa shape index (κ2) is 7.93. The maximum absolute atomic E-state index is 12.6. The van der Waals surface area contributed by atoms with E-state index >= 15 is 0 Å². The van der Waals surface area contributed by atoms with E-state index in [1.54, 1.807) is 7.05 Å². The van der Waals surface area contributed by atoms with E-state index in [-0.39, 0.29) is 24.4 Å². The van der Waals surface area contributed by atoms with Gasteiger partial charge in [0, 0.05) is 51.8 Å². The van der Waals surface area contributed by atoms with Crippen LogP contribution in [0.2, 0.25) is 0 Å². The van der Waals surface area contributed by atoms with Gasteiger partial charge in [-0.25, -0.2) is 8.42 Å². The van der Waals surface area contributed by atoms with E-state index in [1.807, 2.05) is 0 Å². The van der Waals surface area contributed by atoms with Gasteiger partial charge >= 0.3 is 5.76 Å². The summed E-state index contributed by atoms with van der Waals surface area (Å²) in [4.78, 5) is 6.63. The predicted molar refractivity (Wildman–Crippen MR) is 94.6 cm³/mol. The molecule has 1 N–H and O–H groups in total. The van der Waals surface area contributed by atoms with Crippen molar-refractivity contribution in [1.82, 2.24) is 14.5 Å². The van der Waals surface area contributed by atoms with Crippen LogP contribution in [-0.2, 0) is 14.8 Å². The number of likely N-dealkylation sites (tertiary alicyclic amines) is 1. The molecular weight excluding hydrogens is 366 g/mol. The average Bonchev–Trinajstić information content (AvgIpc) is 3.26. The highest BCUT2D eigenvalue weighted by atomic mass is 32.2. The highest BCUT2D eigenvalue weighted by molar-refractivity contribution is 7.89. The van der Waals surface area contributed by atoms with Crippen molar-refractivity contribution >= 4 is 16.0 Å². The summed E-state index contributed by atoms with van der Waals surface area (Å²) in [6, 6.07) is 0. The third-order valence-corrected chi connectivity index (χ3v) is 7.38. The van der Waals surface area contributed by atoms with Crippen molar-refractivity contribution < 1.29 is 21.9 Å². The Morgan fingerprint density at radius 3 is 2.62 bits per heavy atom. The van der Waals surface area contributed by atoms with Crippen LogP contribution in [-0.4, -0.2) is 82.3 Å². The highest BCUT2D eigenvalue weighted by Gasteiger charge is 2.42. The molecule has 10 heteroatoms. The van der Waals surface area contributed by atoms with E-state index in [1.165, 1.54) is 0 Å². The lowest BCUT2D eigenvalue weighted by Gasteiger charge is -2.32. The van der Waals surface area contributed by atoms with Gasteiger partial charge in [-0.3, -0.25) is 4.99 Å². The molecule has 0 bridgehead atoms. The van der Waals surface area contributed by atoms with E-state index in [4.69, 9.17) is 4.74 Å². The van der Waals surface area contributed by atoms with E-state index in [0.29, 0.717) is 19.4 Å². The lowest BCUT2D eigenvalue weighted by atomic mass is 9.87. The molecule has 0 saturated carbocycles. The number of hydrogen-bond donors (Lipinski definition) is 1. The molecule has 0 radical (unpaired) electrons. The van der Waals surface area contributed by atoms with Crippen LogP contribution < -0.4 is 5.32 Å². The van der Waals surface area contributed by atoms with Crippen molar-refractivity contribution in [2.75, 3.05) is 53.0 Å². The van der Waals surface area contributed by atoms with Crippen molar-refractivity contribution in [3.05, 3.63) is 0 Å². The van der Waals surface area contributed by atoms with Gasteiger partial charge in [0.1, 0.15) is 0 Å². The molecule has 0 aliphatic carbocycles. The van der Waals surface area contributed by atoms with Crippen molar-refractivity contribution in [3.63, 3.8) is 0 Å². The summed E-state index contributed by atoms with van der Waals surface area (Å²) < 4.78 is 54.8. The molecule has 26 heavy (non-hydrogen) atoms. The summed E-state index contributed by atoms with van der Waals surface area (Å²) >= 11 is 0. The number of nitrogens with zero attached hydrogens (tertiary/aromatic N) is 3. The summed E-state index contributed by atoms with van der Waals surface area (Å²) in [6.07, 6.45) is 3.36. The van der Waals surface area contributed by atoms with Crippen molar-refractivity contribution in [2.45, 2.75) is 31.4 Å². The number of guanidine groups is 1. The third-order valence-electron chi connectivity index (χ3n) is 5.84. The van der Waals surface area contributed by atoms with Crippen LogP contribution in [0.15, 0.2) is 4.99 Å². The van der Waals surface area contributed by atoms with Crippen LogP contribution in [0.25, 0.3) is 0 Å². The van der Waals surface area contributed by atoms with Gasteiger partial charge in [-0.2, -0.15) is 13.1 Å². The smallest absolute Gasteiger partial charge is 0.350 e. The van der Waals surface area contributed by atoms with Gasteiger partial charge in [0.15, 0.2) is 5.96 Å². The Labute approximate surface area is 153 Å². The normalized spacial score (nSPS) is 29.2. The molecule has 0 amide bonds. The van der Waals surface area contributed by atoms with E-state index in [9.17, 15) is 17.2 Å². The minimum atomic E-state index is -4.45. The molecule has 3 fully saturated rings. The lowest BCUT2D eigenvalue weighted by Crippen LogP contribution is -2.46. The minimum absolute atomic E-state index is 0.155. The second-order valence-corrected chi connectivity index (χ2v) is 9.45. The van der Waals surface area contributed by atoms with Crippen LogP contribution >= 0.6 is 0 Å². The molecule has 0 aromatic carbocycles. The first-order chi connectivity index (χ1) is 12.4. The zero-order valence-electron chi connectivity index (χ0n) is 15.2. The van der Waals surface area contributed by atoms with Gasteiger partial charge in [0.25, 0.3) is 10.0 Å². The molecule has 1 atom stereocenters. The SMILES string of the molecule is CN=C(NCC1CCN(S(=O)(=O)C(F)F)CC1)N1CCC2(CCOC2)C1. The Kier molecular flexibility index (Phi) is 6.03. The average molecular weight is 394 g/mol. The van der Waals surface area contributed by atoms with Gasteiger partial charge in [0.05, 0.1) is 6.61 Å². The molecule has 3 rings (SSSR count). The summed E-state index contributed by atoms with van der Waals surface area (Å²) in [5, 5.41) is 3.38. The number of ether oxygens (including phenoxy) is 1. The molecule has 0 aromatic heterocycles. The number of aliphatic imine (C=N–C) groups is 1. The first-order valence-corrected chi connectivity index (χ1v) is 10.7. The van der Waals surface area contributed by atoms with Crippen LogP contribution in [0.1, 0.15) is 25.7 Å². The van der Waals surface area contributed by atoms with Crippen LogP contribution in [0.3, 0.4) is 0 Å². The van der Waals surface area contributed by atoms with Gasteiger partial charge in [-0.1, -0.05) is 0 Å². The fourth-order valence-corrected chi connectivity index (χ4v) is 5.08. The highest BCUT2D eigenvalue weighted by Crippen LogP contribution is 2.38. The minimum Gasteiger partial charge on any atom is -0.381 e. The first kappa shape index (κ1) is 19.8. The molecule has 3 aliphatic rings. The fourth-order valence-electron chi connectivity index (χ4n) is 4.14. The molecule has 7 nitrogen and oxygen atoms in total. The molecule has 3 saturated heterocycles. The molecule has 0 aromatic rings. The summed E-state index contributed by atoms with van der Waals surface area (Å²) in [6.45, 7) is 4.53. The zero-order chi connectivity index (χ0) is 18.8. The Balaban J connectivity index is 1.46. The quantitative estimate of drug-likeness (QED) is 0.567. The van der Waals surface area contributed by atoms with E-state index in [0.717, 1.165) is 49.4 Å². The first-order valence-electron chi connectivity index (χ1n) is 9.17. The number of hydrogen-bond acceptors (Lipinski definition) is 4. The second-order valence-electron chi connectivity index (χ2n) is 7.55. The van der Waals surface area contributed by atoms with Crippen molar-refractivity contribution in [1.29, 1.82) is 0 Å². The number of nitrogens with one attached hydrogen (secondary N) is 1. The topological polar surface area (TPSA) is 74.2 Å². The van der Waals surface area contributed by atoms with E-state index < -0.39 is 15.8 Å².